The molecule has 0 spiro atoms. The predicted molar refractivity (Wildman–Crippen MR) is 114 cm³/mol. The number of benzene rings is 2. The Balaban J connectivity index is 1.58. The number of aromatic nitrogens is 1. The third kappa shape index (κ3) is 4.66. The van der Waals surface area contributed by atoms with Gasteiger partial charge in [-0.1, -0.05) is 48.5 Å². The van der Waals surface area contributed by atoms with Crippen LogP contribution in [-0.4, -0.2) is 42.2 Å². The number of rotatable bonds is 7. The molecule has 1 saturated heterocycles. The molecule has 0 bridgehead atoms. The fourth-order valence-electron chi connectivity index (χ4n) is 3.54. The van der Waals surface area contributed by atoms with Gasteiger partial charge in [0.25, 0.3) is 5.91 Å². The maximum Gasteiger partial charge on any atom is 0.273 e. The van der Waals surface area contributed by atoms with Crippen molar-refractivity contribution in [1.82, 2.24) is 9.88 Å². The molecule has 3 aromatic rings. The molecule has 0 aliphatic carbocycles. The van der Waals surface area contributed by atoms with Gasteiger partial charge >= 0.3 is 0 Å². The lowest BCUT2D eigenvalue weighted by Crippen LogP contribution is -2.37. The van der Waals surface area contributed by atoms with Gasteiger partial charge in [0.1, 0.15) is 16.5 Å². The SMILES string of the molecule is COc1ccccc1CN(CC1CCCO1)C(=O)c1csc(-c2ccccc2)n1. The van der Waals surface area contributed by atoms with Crippen LogP contribution >= 0.6 is 11.3 Å². The minimum Gasteiger partial charge on any atom is -0.496 e. The van der Waals surface area contributed by atoms with Gasteiger partial charge in [0.05, 0.1) is 13.2 Å². The highest BCUT2D eigenvalue weighted by atomic mass is 32.1. The predicted octanol–water partition coefficient (Wildman–Crippen LogP) is 4.64. The molecule has 1 atom stereocenters. The van der Waals surface area contributed by atoms with E-state index in [9.17, 15) is 4.79 Å². The third-order valence-corrected chi connectivity index (χ3v) is 5.92. The number of amides is 1. The first-order chi connectivity index (χ1) is 14.2. The highest BCUT2D eigenvalue weighted by molar-refractivity contribution is 7.13. The number of carbonyl (C=O) groups excluding carboxylic acids is 1. The molecule has 2 aromatic carbocycles. The van der Waals surface area contributed by atoms with Gasteiger partial charge in [0, 0.05) is 36.2 Å². The molecule has 150 valence electrons. The van der Waals surface area contributed by atoms with Crippen molar-refractivity contribution in [2.24, 2.45) is 0 Å². The zero-order chi connectivity index (χ0) is 20.1. The fraction of sp³-hybridized carbons (Fsp3) is 0.304. The molecular formula is C23H24N2O3S. The van der Waals surface area contributed by atoms with Gasteiger partial charge in [-0.3, -0.25) is 4.79 Å². The van der Waals surface area contributed by atoms with Crippen LogP contribution in [0.1, 0.15) is 28.9 Å². The van der Waals surface area contributed by atoms with Crippen molar-refractivity contribution in [3.63, 3.8) is 0 Å². The maximum absolute atomic E-state index is 13.4. The van der Waals surface area contributed by atoms with Crippen LogP contribution in [-0.2, 0) is 11.3 Å². The van der Waals surface area contributed by atoms with E-state index in [4.69, 9.17) is 9.47 Å². The summed E-state index contributed by atoms with van der Waals surface area (Å²) >= 11 is 1.49. The summed E-state index contributed by atoms with van der Waals surface area (Å²) < 4.78 is 11.3. The van der Waals surface area contributed by atoms with E-state index in [0.717, 1.165) is 41.3 Å². The van der Waals surface area contributed by atoms with Crippen molar-refractivity contribution in [2.45, 2.75) is 25.5 Å². The number of hydrogen-bond donors (Lipinski definition) is 0. The molecule has 1 unspecified atom stereocenters. The lowest BCUT2D eigenvalue weighted by atomic mass is 10.1. The van der Waals surface area contributed by atoms with E-state index >= 15 is 0 Å². The Morgan fingerprint density at radius 1 is 1.21 bits per heavy atom. The van der Waals surface area contributed by atoms with E-state index in [2.05, 4.69) is 4.98 Å². The van der Waals surface area contributed by atoms with Crippen LogP contribution in [0.25, 0.3) is 10.6 Å². The smallest absolute Gasteiger partial charge is 0.273 e. The van der Waals surface area contributed by atoms with E-state index < -0.39 is 0 Å². The molecular weight excluding hydrogens is 384 g/mol. The fourth-order valence-corrected chi connectivity index (χ4v) is 4.34. The van der Waals surface area contributed by atoms with E-state index in [1.54, 1.807) is 7.11 Å². The maximum atomic E-state index is 13.4. The van der Waals surface area contributed by atoms with Gasteiger partial charge in [0.15, 0.2) is 0 Å². The Bertz CT molecular complexity index is 952. The zero-order valence-corrected chi connectivity index (χ0v) is 17.2. The number of carbonyl (C=O) groups is 1. The highest BCUT2D eigenvalue weighted by Gasteiger charge is 2.26. The normalized spacial score (nSPS) is 16.0. The molecule has 6 heteroatoms. The van der Waals surface area contributed by atoms with Crippen LogP contribution < -0.4 is 4.74 Å². The summed E-state index contributed by atoms with van der Waals surface area (Å²) in [7, 11) is 1.65. The standard InChI is InChI=1S/C23H24N2O3S/c1-27-21-12-6-5-10-18(21)14-25(15-19-11-7-13-28-19)23(26)20-16-29-22(24-20)17-8-3-2-4-9-17/h2-6,8-10,12,16,19H,7,11,13-15H2,1H3. The van der Waals surface area contributed by atoms with Crippen LogP contribution in [0.3, 0.4) is 0 Å². The Morgan fingerprint density at radius 2 is 2.00 bits per heavy atom. The molecule has 1 aliphatic heterocycles. The summed E-state index contributed by atoms with van der Waals surface area (Å²) in [6, 6.07) is 17.7. The van der Waals surface area contributed by atoms with Crippen LogP contribution in [0, 0.1) is 0 Å². The summed E-state index contributed by atoms with van der Waals surface area (Å²) in [5.74, 6) is 0.700. The summed E-state index contributed by atoms with van der Waals surface area (Å²) in [5, 5.41) is 2.69. The molecule has 2 heterocycles. The summed E-state index contributed by atoms with van der Waals surface area (Å²) in [5.41, 5.74) is 2.47. The molecule has 1 aromatic heterocycles. The minimum absolute atomic E-state index is 0.0703. The first-order valence-corrected chi connectivity index (χ1v) is 10.7. The molecule has 1 fully saturated rings. The van der Waals surface area contributed by atoms with E-state index in [0.29, 0.717) is 18.8 Å². The van der Waals surface area contributed by atoms with E-state index in [1.807, 2.05) is 64.9 Å². The molecule has 1 aliphatic rings. The van der Waals surface area contributed by atoms with Crippen LogP contribution in [0.4, 0.5) is 0 Å². The van der Waals surface area contributed by atoms with Crippen molar-refractivity contribution >= 4 is 17.2 Å². The largest absolute Gasteiger partial charge is 0.496 e. The van der Waals surface area contributed by atoms with Crippen LogP contribution in [0.5, 0.6) is 5.75 Å². The number of thiazole rings is 1. The van der Waals surface area contributed by atoms with E-state index in [-0.39, 0.29) is 12.0 Å². The van der Waals surface area contributed by atoms with Gasteiger partial charge in [-0.15, -0.1) is 11.3 Å². The zero-order valence-electron chi connectivity index (χ0n) is 16.4. The Hall–Kier alpha value is -2.70. The Kier molecular flexibility index (Phi) is 6.22. The Labute approximate surface area is 174 Å². The third-order valence-electron chi connectivity index (χ3n) is 5.03. The van der Waals surface area contributed by atoms with Gasteiger partial charge in [-0.2, -0.15) is 0 Å². The highest BCUT2D eigenvalue weighted by Crippen LogP contribution is 2.26. The van der Waals surface area contributed by atoms with Crippen molar-refractivity contribution in [2.75, 3.05) is 20.3 Å². The second-order valence-electron chi connectivity index (χ2n) is 7.04. The molecule has 0 saturated carbocycles. The number of ether oxygens (including phenoxy) is 2. The molecule has 0 radical (unpaired) electrons. The Morgan fingerprint density at radius 3 is 2.76 bits per heavy atom. The molecule has 5 nitrogen and oxygen atoms in total. The number of nitrogens with zero attached hydrogens (tertiary/aromatic N) is 2. The number of para-hydroxylation sites is 1. The summed E-state index contributed by atoms with van der Waals surface area (Å²) in [6.07, 6.45) is 2.08. The molecule has 1 amide bonds. The lowest BCUT2D eigenvalue weighted by Gasteiger charge is -2.25. The van der Waals surface area contributed by atoms with Crippen molar-refractivity contribution in [1.29, 1.82) is 0 Å². The molecule has 29 heavy (non-hydrogen) atoms. The van der Waals surface area contributed by atoms with Crippen molar-refractivity contribution < 1.29 is 14.3 Å². The second kappa shape index (κ2) is 9.20. The topological polar surface area (TPSA) is 51.7 Å². The average Bonchev–Trinajstić information content (AvgIpc) is 3.46. The average molecular weight is 409 g/mol. The van der Waals surface area contributed by atoms with Crippen LogP contribution in [0.15, 0.2) is 60.0 Å². The molecule has 0 N–H and O–H groups in total. The number of methoxy groups -OCH3 is 1. The molecule has 4 rings (SSSR count). The quantitative estimate of drug-likeness (QED) is 0.571. The van der Waals surface area contributed by atoms with Crippen LogP contribution in [0.2, 0.25) is 0 Å². The first-order valence-electron chi connectivity index (χ1n) is 9.78. The monoisotopic (exact) mass is 408 g/mol. The van der Waals surface area contributed by atoms with Gasteiger partial charge < -0.3 is 14.4 Å². The summed E-state index contributed by atoms with van der Waals surface area (Å²) in [4.78, 5) is 19.8. The minimum atomic E-state index is -0.0789. The van der Waals surface area contributed by atoms with Gasteiger partial charge in [-0.05, 0) is 18.9 Å². The van der Waals surface area contributed by atoms with Crippen molar-refractivity contribution in [3.8, 4) is 16.3 Å². The second-order valence-corrected chi connectivity index (χ2v) is 7.89. The van der Waals surface area contributed by atoms with Gasteiger partial charge in [-0.25, -0.2) is 4.98 Å². The first kappa shape index (κ1) is 19.6. The number of hydrogen-bond acceptors (Lipinski definition) is 5. The van der Waals surface area contributed by atoms with Crippen molar-refractivity contribution in [3.05, 3.63) is 71.2 Å². The van der Waals surface area contributed by atoms with E-state index in [1.165, 1.54) is 11.3 Å². The summed E-state index contributed by atoms with van der Waals surface area (Å²) in [6.45, 7) is 1.77. The van der Waals surface area contributed by atoms with Gasteiger partial charge in [0.2, 0.25) is 0 Å². The lowest BCUT2D eigenvalue weighted by molar-refractivity contribution is 0.0502.